The lowest BCUT2D eigenvalue weighted by Gasteiger charge is -2.27. The molecule has 0 spiro atoms. The smallest absolute Gasteiger partial charge is 0.264 e. The molecule has 10 heteroatoms. The minimum absolute atomic E-state index is 0.0750. The Hall–Kier alpha value is -6.03. The number of fused-ring (bicyclic) bond motifs is 1. The molecule has 5 amide bonds. The maximum Gasteiger partial charge on any atom is 0.264 e. The Morgan fingerprint density at radius 2 is 1.47 bits per heavy atom. The highest BCUT2D eigenvalue weighted by Crippen LogP contribution is 2.35. The topological polar surface area (TPSA) is 125 Å². The second-order valence-electron chi connectivity index (χ2n) is 13.9. The van der Waals surface area contributed by atoms with Crippen LogP contribution in [0.4, 0.5) is 5.69 Å². The first-order valence-corrected chi connectivity index (χ1v) is 19.2. The van der Waals surface area contributed by atoms with Gasteiger partial charge in [0.2, 0.25) is 17.7 Å². The zero-order chi connectivity index (χ0) is 38.7. The van der Waals surface area contributed by atoms with Crippen LogP contribution in [0, 0.1) is 0 Å². The van der Waals surface area contributed by atoms with Crippen molar-refractivity contribution in [3.05, 3.63) is 131 Å². The van der Waals surface area contributed by atoms with Crippen LogP contribution in [0.15, 0.2) is 103 Å². The number of piperidine rings is 1. The lowest BCUT2D eigenvalue weighted by Crippen LogP contribution is -2.54. The number of imide groups is 2. The summed E-state index contributed by atoms with van der Waals surface area (Å²) in [5, 5.41) is 5.50. The summed E-state index contributed by atoms with van der Waals surface area (Å²) in [4.78, 5) is 65.8. The second-order valence-corrected chi connectivity index (χ2v) is 13.9. The number of ether oxygens (including phenoxy) is 1. The van der Waals surface area contributed by atoms with E-state index in [9.17, 15) is 24.0 Å². The van der Waals surface area contributed by atoms with Crippen LogP contribution in [-0.2, 0) is 14.4 Å². The number of nitrogens with one attached hydrogen (secondary N) is 2. The van der Waals surface area contributed by atoms with Crippen molar-refractivity contribution in [1.29, 1.82) is 0 Å². The molecule has 1 saturated heterocycles. The second kappa shape index (κ2) is 18.3. The van der Waals surface area contributed by atoms with E-state index in [2.05, 4.69) is 78.2 Å². The molecule has 2 N–H and O–H groups in total. The molecular formula is C45H48N4O6. The summed E-state index contributed by atoms with van der Waals surface area (Å²) in [5.74, 6) is -1.26. The van der Waals surface area contributed by atoms with Gasteiger partial charge in [-0.15, -0.1) is 0 Å². The Balaban J connectivity index is 0.915. The van der Waals surface area contributed by atoms with E-state index in [0.29, 0.717) is 31.8 Å². The SMILES string of the molecule is CCC(=C(c1ccccc1)c1ccc(OCCN(C)C(=O)CCCCCCNc2cccc3c2C(=O)N(C2CCC(=O)NC2=O)C3=O)cc1)c1ccccc1. The molecule has 10 nitrogen and oxygen atoms in total. The molecule has 0 saturated carbocycles. The average molecular weight is 741 g/mol. The van der Waals surface area contributed by atoms with Crippen LogP contribution in [0.2, 0.25) is 0 Å². The molecule has 0 aromatic heterocycles. The summed E-state index contributed by atoms with van der Waals surface area (Å²) < 4.78 is 6.04. The van der Waals surface area contributed by atoms with Crippen molar-refractivity contribution in [2.24, 2.45) is 0 Å². The highest BCUT2D eigenvalue weighted by atomic mass is 16.5. The number of nitrogens with zero attached hydrogens (tertiary/aromatic N) is 2. The number of anilines is 1. The van der Waals surface area contributed by atoms with Gasteiger partial charge in [0.05, 0.1) is 17.7 Å². The summed E-state index contributed by atoms with van der Waals surface area (Å²) in [5.41, 5.74) is 7.04. The molecule has 4 aromatic carbocycles. The third-order valence-electron chi connectivity index (χ3n) is 10.2. The zero-order valence-corrected chi connectivity index (χ0v) is 31.5. The Bertz CT molecular complexity index is 2040. The van der Waals surface area contributed by atoms with Gasteiger partial charge in [-0.2, -0.15) is 0 Å². The number of amides is 5. The molecule has 1 fully saturated rings. The van der Waals surface area contributed by atoms with E-state index in [1.165, 1.54) is 22.3 Å². The molecule has 1 atom stereocenters. The number of carbonyl (C=O) groups excluding carboxylic acids is 5. The van der Waals surface area contributed by atoms with Crippen molar-refractivity contribution in [2.75, 3.05) is 32.1 Å². The van der Waals surface area contributed by atoms with Gasteiger partial charge in [-0.25, -0.2) is 0 Å². The van der Waals surface area contributed by atoms with E-state index in [-0.39, 0.29) is 29.9 Å². The molecule has 0 radical (unpaired) electrons. The van der Waals surface area contributed by atoms with Crippen molar-refractivity contribution in [2.45, 2.75) is 64.3 Å². The van der Waals surface area contributed by atoms with Crippen LogP contribution < -0.4 is 15.4 Å². The zero-order valence-electron chi connectivity index (χ0n) is 31.5. The molecule has 0 aliphatic carbocycles. The van der Waals surface area contributed by atoms with Gasteiger partial charge in [0, 0.05) is 32.1 Å². The lowest BCUT2D eigenvalue weighted by atomic mass is 9.88. The van der Waals surface area contributed by atoms with E-state index in [1.807, 2.05) is 24.3 Å². The number of hydrogen-bond donors (Lipinski definition) is 2. The largest absolute Gasteiger partial charge is 0.492 e. The number of benzene rings is 4. The van der Waals surface area contributed by atoms with E-state index >= 15 is 0 Å². The van der Waals surface area contributed by atoms with Crippen molar-refractivity contribution in [3.63, 3.8) is 0 Å². The van der Waals surface area contributed by atoms with Crippen LogP contribution in [0.1, 0.15) is 95.7 Å². The predicted octanol–water partition coefficient (Wildman–Crippen LogP) is 7.36. The molecule has 4 aromatic rings. The van der Waals surface area contributed by atoms with Crippen molar-refractivity contribution in [3.8, 4) is 5.75 Å². The number of likely N-dealkylation sites (N-methyl/N-ethyl adjacent to an activating group) is 1. The molecule has 2 heterocycles. The van der Waals surface area contributed by atoms with Gasteiger partial charge in [-0.05, 0) is 77.8 Å². The van der Waals surface area contributed by atoms with Crippen molar-refractivity contribution < 1.29 is 28.7 Å². The fraction of sp³-hybridized carbons (Fsp3) is 0.311. The van der Waals surface area contributed by atoms with Crippen LogP contribution in [0.5, 0.6) is 5.75 Å². The van der Waals surface area contributed by atoms with Gasteiger partial charge < -0.3 is 15.0 Å². The van der Waals surface area contributed by atoms with Crippen LogP contribution in [-0.4, -0.2) is 72.1 Å². The lowest BCUT2D eigenvalue weighted by molar-refractivity contribution is -0.136. The Kier molecular flexibility index (Phi) is 12.9. The van der Waals surface area contributed by atoms with Crippen molar-refractivity contribution >= 4 is 46.4 Å². The first-order chi connectivity index (χ1) is 26.8. The monoisotopic (exact) mass is 740 g/mol. The van der Waals surface area contributed by atoms with E-state index < -0.39 is 29.7 Å². The minimum Gasteiger partial charge on any atom is -0.492 e. The number of allylic oxidation sites excluding steroid dienone is 1. The summed E-state index contributed by atoms with van der Waals surface area (Å²) in [6, 6.07) is 33.2. The van der Waals surface area contributed by atoms with Gasteiger partial charge in [-0.3, -0.25) is 34.2 Å². The molecule has 6 rings (SSSR count). The number of unbranched alkanes of at least 4 members (excludes halogenated alkanes) is 3. The molecule has 0 bridgehead atoms. The highest BCUT2D eigenvalue weighted by molar-refractivity contribution is 6.25. The number of rotatable bonds is 17. The first kappa shape index (κ1) is 38.7. The highest BCUT2D eigenvalue weighted by Gasteiger charge is 2.45. The average Bonchev–Trinajstić information content (AvgIpc) is 3.46. The molecule has 284 valence electrons. The maximum atomic E-state index is 13.3. The van der Waals surface area contributed by atoms with E-state index in [4.69, 9.17) is 4.74 Å². The molecule has 55 heavy (non-hydrogen) atoms. The minimum atomic E-state index is -0.999. The van der Waals surface area contributed by atoms with Crippen LogP contribution >= 0.6 is 0 Å². The third kappa shape index (κ3) is 9.20. The van der Waals surface area contributed by atoms with Gasteiger partial charge >= 0.3 is 0 Å². The summed E-state index contributed by atoms with van der Waals surface area (Å²) >= 11 is 0. The Morgan fingerprint density at radius 3 is 2.16 bits per heavy atom. The maximum absolute atomic E-state index is 13.3. The normalized spacial score (nSPS) is 15.7. The van der Waals surface area contributed by atoms with Gasteiger partial charge in [0.1, 0.15) is 18.4 Å². The van der Waals surface area contributed by atoms with Gasteiger partial charge in [0.25, 0.3) is 11.8 Å². The Labute approximate surface area is 322 Å². The number of hydrogen-bond acceptors (Lipinski definition) is 7. The first-order valence-electron chi connectivity index (χ1n) is 19.2. The quantitative estimate of drug-likeness (QED) is 0.0659. The molecular weight excluding hydrogens is 693 g/mol. The van der Waals surface area contributed by atoms with Gasteiger partial charge in [0.15, 0.2) is 0 Å². The Morgan fingerprint density at radius 1 is 0.800 bits per heavy atom. The fourth-order valence-electron chi connectivity index (χ4n) is 7.26. The van der Waals surface area contributed by atoms with Crippen LogP contribution in [0.25, 0.3) is 11.1 Å². The van der Waals surface area contributed by atoms with Crippen molar-refractivity contribution in [1.82, 2.24) is 15.1 Å². The molecule has 2 aliphatic heterocycles. The van der Waals surface area contributed by atoms with Crippen LogP contribution in [0.3, 0.4) is 0 Å². The molecule has 1 unspecified atom stereocenters. The van der Waals surface area contributed by atoms with Gasteiger partial charge in [-0.1, -0.05) is 98.6 Å². The predicted molar refractivity (Wildman–Crippen MR) is 213 cm³/mol. The number of carbonyl (C=O) groups is 5. The standard InChI is InChI=1S/C45H48N4O6/c1-3-35(31-15-8-6-9-16-31)41(32-17-10-7-11-18-32)33-22-24-34(25-23-33)55-30-29-48(2)40(51)21-12-4-5-13-28-46-37-20-14-19-36-42(37)45(54)49(44(36)53)38-26-27-39(50)47-43(38)52/h6-11,14-20,22-25,38,46H,3-5,12-13,21,26-30H2,1-2H3,(H,47,50,52). The summed E-state index contributed by atoms with van der Waals surface area (Å²) in [6.45, 7) is 3.65. The summed E-state index contributed by atoms with van der Waals surface area (Å²) in [7, 11) is 1.80. The van der Waals surface area contributed by atoms with E-state index in [1.54, 1.807) is 30.1 Å². The molecule has 2 aliphatic rings. The fourth-order valence-corrected chi connectivity index (χ4v) is 7.26. The summed E-state index contributed by atoms with van der Waals surface area (Å²) in [6.07, 6.45) is 4.88. The van der Waals surface area contributed by atoms with E-state index in [0.717, 1.165) is 48.3 Å². The third-order valence-corrected chi connectivity index (χ3v) is 10.2.